The minimum Gasteiger partial charge on any atom is -0.492 e. The van der Waals surface area contributed by atoms with E-state index in [-0.39, 0.29) is 11.3 Å². The number of hydrogen-bond acceptors (Lipinski definition) is 4. The van der Waals surface area contributed by atoms with Crippen LogP contribution in [0.4, 0.5) is 5.69 Å². The number of hydrogen-bond donors (Lipinski definition) is 0. The number of amides is 1. The monoisotopic (exact) mass is 398 g/mol. The number of benzene rings is 2. The van der Waals surface area contributed by atoms with Crippen molar-refractivity contribution in [1.29, 1.82) is 0 Å². The SMILES string of the molecule is CC1(C)COc2cc3c(cc21)C1(CO3)C(=O)N(Cc2cccnc2)c2ccccc21. The highest BCUT2D eigenvalue weighted by Crippen LogP contribution is 2.55. The van der Waals surface area contributed by atoms with Crippen molar-refractivity contribution in [3.63, 3.8) is 0 Å². The van der Waals surface area contributed by atoms with Gasteiger partial charge in [0, 0.05) is 40.7 Å². The highest BCUT2D eigenvalue weighted by Gasteiger charge is 2.57. The number of pyridine rings is 1. The zero-order valence-electron chi connectivity index (χ0n) is 17.0. The fourth-order valence-corrected chi connectivity index (χ4v) is 5.02. The van der Waals surface area contributed by atoms with Crippen LogP contribution in [0, 0.1) is 0 Å². The molecule has 6 rings (SSSR count). The van der Waals surface area contributed by atoms with Gasteiger partial charge in [-0.25, -0.2) is 0 Å². The number of nitrogens with zero attached hydrogens (tertiary/aromatic N) is 2. The third kappa shape index (κ3) is 2.18. The van der Waals surface area contributed by atoms with Crippen LogP contribution < -0.4 is 14.4 Å². The van der Waals surface area contributed by atoms with Crippen LogP contribution in [0.5, 0.6) is 11.5 Å². The normalized spacial score (nSPS) is 22.5. The Bertz CT molecular complexity index is 1190. The summed E-state index contributed by atoms with van der Waals surface area (Å²) < 4.78 is 12.0. The predicted molar refractivity (Wildman–Crippen MR) is 113 cm³/mol. The number of carbonyl (C=O) groups is 1. The van der Waals surface area contributed by atoms with Crippen molar-refractivity contribution in [3.8, 4) is 11.5 Å². The number of aromatic nitrogens is 1. The van der Waals surface area contributed by atoms with Gasteiger partial charge in [0.1, 0.15) is 23.5 Å². The lowest BCUT2D eigenvalue weighted by Gasteiger charge is -2.24. The molecule has 0 radical (unpaired) electrons. The van der Waals surface area contributed by atoms with E-state index in [2.05, 4.69) is 31.0 Å². The number of anilines is 1. The first-order valence-corrected chi connectivity index (χ1v) is 10.3. The Labute approximate surface area is 175 Å². The van der Waals surface area contributed by atoms with Gasteiger partial charge in [-0.2, -0.15) is 0 Å². The summed E-state index contributed by atoms with van der Waals surface area (Å²) in [4.78, 5) is 20.1. The molecule has 1 unspecified atom stereocenters. The van der Waals surface area contributed by atoms with Gasteiger partial charge in [0.2, 0.25) is 5.91 Å². The molecule has 3 aliphatic heterocycles. The lowest BCUT2D eigenvalue weighted by atomic mass is 9.75. The van der Waals surface area contributed by atoms with E-state index in [0.29, 0.717) is 19.8 Å². The fourth-order valence-electron chi connectivity index (χ4n) is 5.02. The molecule has 4 heterocycles. The van der Waals surface area contributed by atoms with Gasteiger partial charge in [-0.05, 0) is 29.3 Å². The largest absolute Gasteiger partial charge is 0.492 e. The molecule has 1 spiro atoms. The maximum absolute atomic E-state index is 14.0. The second-order valence-corrected chi connectivity index (χ2v) is 8.98. The van der Waals surface area contributed by atoms with Crippen molar-refractivity contribution in [2.24, 2.45) is 0 Å². The van der Waals surface area contributed by atoms with E-state index < -0.39 is 5.41 Å². The first kappa shape index (κ1) is 17.5. The average Bonchev–Trinajstić information content (AvgIpc) is 3.36. The average molecular weight is 398 g/mol. The summed E-state index contributed by atoms with van der Waals surface area (Å²) in [7, 11) is 0. The summed E-state index contributed by atoms with van der Waals surface area (Å²) in [5.41, 5.74) is 4.13. The molecular weight excluding hydrogens is 376 g/mol. The quantitative estimate of drug-likeness (QED) is 0.655. The molecule has 1 atom stereocenters. The molecule has 5 heteroatoms. The van der Waals surface area contributed by atoms with Gasteiger partial charge in [-0.15, -0.1) is 0 Å². The zero-order valence-corrected chi connectivity index (χ0v) is 17.0. The molecule has 30 heavy (non-hydrogen) atoms. The highest BCUT2D eigenvalue weighted by atomic mass is 16.5. The molecule has 5 nitrogen and oxygen atoms in total. The molecule has 0 saturated carbocycles. The smallest absolute Gasteiger partial charge is 0.246 e. The van der Waals surface area contributed by atoms with Gasteiger partial charge in [0.25, 0.3) is 0 Å². The highest BCUT2D eigenvalue weighted by molar-refractivity contribution is 6.11. The topological polar surface area (TPSA) is 51.7 Å². The van der Waals surface area contributed by atoms with E-state index in [9.17, 15) is 4.79 Å². The Balaban J connectivity index is 1.53. The number of carbonyl (C=O) groups excluding carboxylic acids is 1. The Kier molecular flexibility index (Phi) is 3.41. The summed E-state index contributed by atoms with van der Waals surface area (Å²) in [5.74, 6) is 1.67. The van der Waals surface area contributed by atoms with E-state index in [1.807, 2.05) is 47.5 Å². The van der Waals surface area contributed by atoms with Gasteiger partial charge in [-0.3, -0.25) is 9.78 Å². The van der Waals surface area contributed by atoms with Crippen molar-refractivity contribution in [2.75, 3.05) is 18.1 Å². The minimum absolute atomic E-state index is 0.0583. The molecule has 2 aromatic carbocycles. The first-order chi connectivity index (χ1) is 14.5. The molecular formula is C25H22N2O3. The lowest BCUT2D eigenvalue weighted by Crippen LogP contribution is -2.42. The molecule has 3 aliphatic rings. The Morgan fingerprint density at radius 1 is 0.967 bits per heavy atom. The molecule has 0 fully saturated rings. The molecule has 3 aromatic rings. The van der Waals surface area contributed by atoms with Crippen molar-refractivity contribution >= 4 is 11.6 Å². The second kappa shape index (κ2) is 5.85. The van der Waals surface area contributed by atoms with E-state index in [0.717, 1.165) is 39.4 Å². The summed E-state index contributed by atoms with van der Waals surface area (Å²) in [6.45, 7) is 5.78. The minimum atomic E-state index is -0.818. The zero-order chi connectivity index (χ0) is 20.5. The summed E-state index contributed by atoms with van der Waals surface area (Å²) >= 11 is 0. The van der Waals surface area contributed by atoms with Crippen LogP contribution in [0.2, 0.25) is 0 Å². The van der Waals surface area contributed by atoms with Crippen molar-refractivity contribution in [1.82, 2.24) is 4.98 Å². The number of fused-ring (bicyclic) bond motifs is 5. The Hall–Kier alpha value is -3.34. The Morgan fingerprint density at radius 3 is 2.60 bits per heavy atom. The van der Waals surface area contributed by atoms with Crippen LogP contribution in [0.3, 0.4) is 0 Å². The van der Waals surface area contributed by atoms with Gasteiger partial charge in [0.15, 0.2) is 0 Å². The summed E-state index contributed by atoms with van der Waals surface area (Å²) in [5, 5.41) is 0. The van der Waals surface area contributed by atoms with Gasteiger partial charge < -0.3 is 14.4 Å². The molecule has 1 amide bonds. The van der Waals surface area contributed by atoms with Crippen LogP contribution in [0.1, 0.15) is 36.1 Å². The standard InChI is InChI=1S/C25H22N2O3/c1-24(2)14-29-21-11-22-19(10-18(21)24)25(15-30-22)17-7-3-4-8-20(17)27(23(25)28)13-16-6-5-9-26-12-16/h3-12H,13-15H2,1-2H3. The van der Waals surface area contributed by atoms with Crippen LogP contribution in [0.25, 0.3) is 0 Å². The predicted octanol–water partition coefficient (Wildman–Crippen LogP) is 3.98. The summed E-state index contributed by atoms with van der Waals surface area (Å²) in [6.07, 6.45) is 3.56. The maximum atomic E-state index is 14.0. The van der Waals surface area contributed by atoms with E-state index in [1.165, 1.54) is 0 Å². The third-order valence-corrected chi connectivity index (χ3v) is 6.63. The van der Waals surface area contributed by atoms with Crippen LogP contribution >= 0.6 is 0 Å². The maximum Gasteiger partial charge on any atom is 0.246 e. The van der Waals surface area contributed by atoms with Gasteiger partial charge >= 0.3 is 0 Å². The van der Waals surface area contributed by atoms with Crippen molar-refractivity contribution < 1.29 is 14.3 Å². The van der Waals surface area contributed by atoms with E-state index in [4.69, 9.17) is 9.47 Å². The number of ether oxygens (including phenoxy) is 2. The third-order valence-electron chi connectivity index (χ3n) is 6.63. The van der Waals surface area contributed by atoms with E-state index >= 15 is 0 Å². The summed E-state index contributed by atoms with van der Waals surface area (Å²) in [6, 6.07) is 16.1. The van der Waals surface area contributed by atoms with Crippen molar-refractivity contribution in [3.05, 3.63) is 83.2 Å². The van der Waals surface area contributed by atoms with Crippen LogP contribution in [0.15, 0.2) is 60.9 Å². The van der Waals surface area contributed by atoms with Gasteiger partial charge in [0.05, 0.1) is 13.2 Å². The molecule has 1 aromatic heterocycles. The molecule has 0 N–H and O–H groups in total. The van der Waals surface area contributed by atoms with Gasteiger partial charge in [-0.1, -0.05) is 38.1 Å². The first-order valence-electron chi connectivity index (χ1n) is 10.3. The van der Waals surface area contributed by atoms with Crippen molar-refractivity contribution in [2.45, 2.75) is 31.2 Å². The molecule has 0 saturated heterocycles. The van der Waals surface area contributed by atoms with Crippen LogP contribution in [-0.2, 0) is 22.2 Å². The fraction of sp³-hybridized carbons (Fsp3) is 0.280. The lowest BCUT2D eigenvalue weighted by molar-refractivity contribution is -0.122. The van der Waals surface area contributed by atoms with E-state index in [1.54, 1.807) is 6.20 Å². The van der Waals surface area contributed by atoms with Crippen LogP contribution in [-0.4, -0.2) is 24.1 Å². The second-order valence-electron chi connectivity index (χ2n) is 8.98. The Morgan fingerprint density at radius 2 is 1.77 bits per heavy atom. The number of para-hydroxylation sites is 1. The molecule has 150 valence electrons. The number of rotatable bonds is 2. The molecule has 0 aliphatic carbocycles. The molecule has 0 bridgehead atoms.